The van der Waals surface area contributed by atoms with Gasteiger partial charge in [-0.25, -0.2) is 9.97 Å². The molecule has 0 unspecified atom stereocenters. The Hall–Kier alpha value is -3.74. The second-order valence-corrected chi connectivity index (χ2v) is 9.10. The number of rotatable bonds is 5. The smallest absolute Gasteiger partial charge is 0.253 e. The van der Waals surface area contributed by atoms with Crippen molar-refractivity contribution in [3.8, 4) is 11.1 Å². The molecule has 0 aliphatic carbocycles. The summed E-state index contributed by atoms with van der Waals surface area (Å²) in [6.07, 6.45) is 8.80. The first-order chi connectivity index (χ1) is 16.5. The molecule has 0 saturated carbocycles. The summed E-state index contributed by atoms with van der Waals surface area (Å²) in [5, 5.41) is 5.88. The second-order valence-electron chi connectivity index (χ2n) is 9.10. The molecule has 1 fully saturated rings. The van der Waals surface area contributed by atoms with Gasteiger partial charge in [0, 0.05) is 50.5 Å². The van der Waals surface area contributed by atoms with Gasteiger partial charge in [0.05, 0.1) is 17.8 Å². The van der Waals surface area contributed by atoms with Crippen molar-refractivity contribution < 1.29 is 4.79 Å². The van der Waals surface area contributed by atoms with Gasteiger partial charge in [-0.05, 0) is 60.2 Å². The fraction of sp³-hybridized carbons (Fsp3) is 0.333. The van der Waals surface area contributed by atoms with Gasteiger partial charge in [0.1, 0.15) is 0 Å². The highest BCUT2D eigenvalue weighted by molar-refractivity contribution is 5.94. The fourth-order valence-corrected chi connectivity index (χ4v) is 4.59. The molecule has 0 atom stereocenters. The Labute approximate surface area is 200 Å². The average Bonchev–Trinajstić information content (AvgIpc) is 3.32. The van der Waals surface area contributed by atoms with Crippen molar-refractivity contribution >= 4 is 22.8 Å². The zero-order chi connectivity index (χ0) is 23.7. The summed E-state index contributed by atoms with van der Waals surface area (Å²) in [5.41, 5.74) is 5.23. The van der Waals surface area contributed by atoms with Crippen LogP contribution in [-0.2, 0) is 6.42 Å². The van der Waals surface area contributed by atoms with Crippen LogP contribution in [-0.4, -0.2) is 57.7 Å². The van der Waals surface area contributed by atoms with Crippen molar-refractivity contribution in [1.82, 2.24) is 24.6 Å². The Balaban J connectivity index is 1.30. The molecule has 7 heteroatoms. The monoisotopic (exact) mass is 454 g/mol. The van der Waals surface area contributed by atoms with E-state index in [1.807, 2.05) is 42.9 Å². The molecule has 1 aliphatic heterocycles. The lowest BCUT2D eigenvalue weighted by Gasteiger charge is -2.32. The number of hydrogen-bond donors (Lipinski definition) is 0. The maximum absolute atomic E-state index is 12.2. The first-order valence-corrected chi connectivity index (χ1v) is 11.9. The number of carbonyl (C=O) groups is 1. The molecule has 34 heavy (non-hydrogen) atoms. The molecule has 0 N–H and O–H groups in total. The second kappa shape index (κ2) is 9.25. The van der Waals surface area contributed by atoms with Crippen LogP contribution in [0.15, 0.2) is 61.1 Å². The summed E-state index contributed by atoms with van der Waals surface area (Å²) in [7, 11) is 3.53. The topological polar surface area (TPSA) is 67.2 Å². The Bertz CT molecular complexity index is 1290. The van der Waals surface area contributed by atoms with Crippen molar-refractivity contribution in [3.05, 3.63) is 72.2 Å². The van der Waals surface area contributed by atoms with Gasteiger partial charge in [-0.15, -0.1) is 0 Å². The van der Waals surface area contributed by atoms with Crippen LogP contribution in [0.3, 0.4) is 0 Å². The molecule has 0 spiro atoms. The number of piperidine rings is 1. The number of anilines is 1. The molecule has 2 aromatic carbocycles. The summed E-state index contributed by atoms with van der Waals surface area (Å²) < 4.78 is 2.18. The molecule has 1 aliphatic rings. The molecule has 7 nitrogen and oxygen atoms in total. The van der Waals surface area contributed by atoms with Gasteiger partial charge in [-0.3, -0.25) is 9.48 Å². The molecule has 5 rings (SSSR count). The molecule has 174 valence electrons. The maximum atomic E-state index is 12.2. The zero-order valence-corrected chi connectivity index (χ0v) is 20.0. The van der Waals surface area contributed by atoms with Crippen LogP contribution >= 0.6 is 0 Å². The van der Waals surface area contributed by atoms with E-state index in [1.165, 1.54) is 5.56 Å². The van der Waals surface area contributed by atoms with Gasteiger partial charge < -0.3 is 9.80 Å². The van der Waals surface area contributed by atoms with Crippen LogP contribution < -0.4 is 4.90 Å². The SMILES string of the molecule is CCc1cnc(N2CCC(n3ncc4cc(-c5ccc(C(=O)N(C)C)cc5)ccc43)CC2)nc1. The number of carbonyl (C=O) groups excluding carboxylic acids is 1. The molecule has 0 radical (unpaired) electrons. The van der Waals surface area contributed by atoms with Crippen molar-refractivity contribution in [1.29, 1.82) is 0 Å². The number of aryl methyl sites for hydroxylation is 1. The van der Waals surface area contributed by atoms with E-state index in [0.29, 0.717) is 11.6 Å². The Morgan fingerprint density at radius 1 is 0.971 bits per heavy atom. The van der Waals surface area contributed by atoms with E-state index in [-0.39, 0.29) is 5.91 Å². The third-order valence-electron chi connectivity index (χ3n) is 6.66. The normalized spacial score (nSPS) is 14.5. The quantitative estimate of drug-likeness (QED) is 0.441. The lowest BCUT2D eigenvalue weighted by molar-refractivity contribution is 0.0827. The van der Waals surface area contributed by atoms with E-state index in [0.717, 1.165) is 60.3 Å². The summed E-state index contributed by atoms with van der Waals surface area (Å²) in [4.78, 5) is 25.1. The van der Waals surface area contributed by atoms with Gasteiger partial charge in [0.25, 0.3) is 5.91 Å². The van der Waals surface area contributed by atoms with Crippen LogP contribution in [0.2, 0.25) is 0 Å². The first-order valence-electron chi connectivity index (χ1n) is 11.9. The highest BCUT2D eigenvalue weighted by atomic mass is 16.2. The van der Waals surface area contributed by atoms with Crippen molar-refractivity contribution in [3.63, 3.8) is 0 Å². The maximum Gasteiger partial charge on any atom is 0.253 e. The Kier molecular flexibility index (Phi) is 6.01. The number of hydrogen-bond acceptors (Lipinski definition) is 5. The van der Waals surface area contributed by atoms with Gasteiger partial charge >= 0.3 is 0 Å². The van der Waals surface area contributed by atoms with Crippen molar-refractivity contribution in [2.45, 2.75) is 32.2 Å². The third-order valence-corrected chi connectivity index (χ3v) is 6.66. The van der Waals surface area contributed by atoms with E-state index in [1.54, 1.807) is 19.0 Å². The number of aromatic nitrogens is 4. The van der Waals surface area contributed by atoms with Gasteiger partial charge in [0.15, 0.2) is 0 Å². The predicted octanol–water partition coefficient (Wildman–Crippen LogP) is 4.60. The zero-order valence-electron chi connectivity index (χ0n) is 20.0. The van der Waals surface area contributed by atoms with Crippen LogP contribution in [0.1, 0.15) is 41.7 Å². The van der Waals surface area contributed by atoms with E-state index < -0.39 is 0 Å². The summed E-state index contributed by atoms with van der Waals surface area (Å²) in [6, 6.07) is 14.6. The number of fused-ring (bicyclic) bond motifs is 1. The van der Waals surface area contributed by atoms with Crippen LogP contribution in [0.4, 0.5) is 5.95 Å². The number of amides is 1. The standard InChI is InChI=1S/C27H30N6O/c1-4-19-16-28-27(29-17-19)32-13-11-24(12-14-32)33-25-10-9-22(15-23(25)18-30-33)20-5-7-21(8-6-20)26(34)31(2)3/h5-10,15-18,24H,4,11-14H2,1-3H3. The minimum Gasteiger partial charge on any atom is -0.345 e. The minimum atomic E-state index is 0.0128. The van der Waals surface area contributed by atoms with E-state index in [4.69, 9.17) is 5.10 Å². The van der Waals surface area contributed by atoms with Gasteiger partial charge in [-0.2, -0.15) is 5.10 Å². The molecule has 3 heterocycles. The fourth-order valence-electron chi connectivity index (χ4n) is 4.59. The first kappa shape index (κ1) is 22.1. The largest absolute Gasteiger partial charge is 0.345 e. The molecule has 2 aromatic heterocycles. The molecular weight excluding hydrogens is 424 g/mol. The average molecular weight is 455 g/mol. The molecule has 1 saturated heterocycles. The molecular formula is C27H30N6O. The number of benzene rings is 2. The highest BCUT2D eigenvalue weighted by Gasteiger charge is 2.24. The molecule has 1 amide bonds. The lowest BCUT2D eigenvalue weighted by atomic mass is 10.0. The van der Waals surface area contributed by atoms with Crippen molar-refractivity contribution in [2.75, 3.05) is 32.1 Å². The summed E-state index contributed by atoms with van der Waals surface area (Å²) in [6.45, 7) is 3.96. The van der Waals surface area contributed by atoms with Crippen LogP contribution in [0.5, 0.6) is 0 Å². The van der Waals surface area contributed by atoms with Crippen LogP contribution in [0, 0.1) is 0 Å². The molecule has 4 aromatic rings. The minimum absolute atomic E-state index is 0.0128. The van der Waals surface area contributed by atoms with E-state index in [9.17, 15) is 4.79 Å². The van der Waals surface area contributed by atoms with Crippen LogP contribution in [0.25, 0.3) is 22.0 Å². The van der Waals surface area contributed by atoms with E-state index >= 15 is 0 Å². The Morgan fingerprint density at radius 3 is 2.29 bits per heavy atom. The molecule has 0 bridgehead atoms. The van der Waals surface area contributed by atoms with E-state index in [2.05, 4.69) is 44.7 Å². The lowest BCUT2D eigenvalue weighted by Crippen LogP contribution is -2.36. The predicted molar refractivity (Wildman–Crippen MR) is 135 cm³/mol. The third kappa shape index (κ3) is 4.25. The van der Waals surface area contributed by atoms with Crippen molar-refractivity contribution in [2.24, 2.45) is 0 Å². The summed E-state index contributed by atoms with van der Waals surface area (Å²) >= 11 is 0. The van der Waals surface area contributed by atoms with Gasteiger partial charge in [0.2, 0.25) is 5.95 Å². The highest BCUT2D eigenvalue weighted by Crippen LogP contribution is 2.30. The Morgan fingerprint density at radius 2 is 1.65 bits per heavy atom. The summed E-state index contributed by atoms with van der Waals surface area (Å²) in [5.74, 6) is 0.836. The van der Waals surface area contributed by atoms with Gasteiger partial charge in [-0.1, -0.05) is 25.1 Å². The number of nitrogens with zero attached hydrogens (tertiary/aromatic N) is 6.